The standard InChI is InChI=1S/C15H15BrFNO/c1-9-7-10(3-6-14(9)17)15(18)12-5-4-11(19-2)8-13(12)16/h3-8,15H,18H2,1-2H3. The van der Waals surface area contributed by atoms with E-state index in [4.69, 9.17) is 10.5 Å². The summed E-state index contributed by atoms with van der Waals surface area (Å²) in [5.74, 6) is 0.544. The average Bonchev–Trinajstić information content (AvgIpc) is 2.41. The lowest BCUT2D eigenvalue weighted by molar-refractivity contribution is 0.414. The molecule has 2 aromatic rings. The topological polar surface area (TPSA) is 35.2 Å². The molecule has 0 spiro atoms. The molecule has 0 aliphatic heterocycles. The van der Waals surface area contributed by atoms with Gasteiger partial charge in [0.1, 0.15) is 11.6 Å². The zero-order chi connectivity index (χ0) is 14.0. The molecule has 2 rings (SSSR count). The second-order valence-corrected chi connectivity index (χ2v) is 5.23. The van der Waals surface area contributed by atoms with Crippen molar-refractivity contribution in [2.75, 3.05) is 7.11 Å². The van der Waals surface area contributed by atoms with Crippen molar-refractivity contribution in [3.63, 3.8) is 0 Å². The average molecular weight is 324 g/mol. The van der Waals surface area contributed by atoms with E-state index >= 15 is 0 Å². The van der Waals surface area contributed by atoms with E-state index in [1.807, 2.05) is 18.2 Å². The molecular weight excluding hydrogens is 309 g/mol. The summed E-state index contributed by atoms with van der Waals surface area (Å²) in [6.45, 7) is 1.73. The molecule has 0 fully saturated rings. The van der Waals surface area contributed by atoms with E-state index in [9.17, 15) is 4.39 Å². The summed E-state index contributed by atoms with van der Waals surface area (Å²) in [7, 11) is 1.62. The Morgan fingerprint density at radius 3 is 2.53 bits per heavy atom. The molecule has 4 heteroatoms. The minimum absolute atomic E-state index is 0.218. The Hall–Kier alpha value is -1.39. The zero-order valence-corrected chi connectivity index (χ0v) is 12.4. The molecule has 0 amide bonds. The Morgan fingerprint density at radius 2 is 1.95 bits per heavy atom. The number of halogens is 2. The Balaban J connectivity index is 2.38. The van der Waals surface area contributed by atoms with Crippen LogP contribution in [0.25, 0.3) is 0 Å². The summed E-state index contributed by atoms with van der Waals surface area (Å²) in [5.41, 5.74) is 8.65. The highest BCUT2D eigenvalue weighted by Gasteiger charge is 2.14. The monoisotopic (exact) mass is 323 g/mol. The molecule has 0 saturated carbocycles. The van der Waals surface area contributed by atoms with Crippen LogP contribution in [-0.2, 0) is 0 Å². The first-order valence-electron chi connectivity index (χ1n) is 5.88. The molecule has 1 atom stereocenters. The van der Waals surface area contributed by atoms with Gasteiger partial charge >= 0.3 is 0 Å². The van der Waals surface area contributed by atoms with Gasteiger partial charge in [-0.25, -0.2) is 4.39 Å². The summed E-state index contributed by atoms with van der Waals surface area (Å²) in [4.78, 5) is 0. The van der Waals surface area contributed by atoms with Crippen LogP contribution in [0.3, 0.4) is 0 Å². The van der Waals surface area contributed by atoms with Crippen LogP contribution in [0.4, 0.5) is 4.39 Å². The number of ether oxygens (including phenoxy) is 1. The molecular formula is C15H15BrFNO. The predicted octanol–water partition coefficient (Wildman–Crippen LogP) is 3.95. The SMILES string of the molecule is COc1ccc(C(N)c2ccc(F)c(C)c2)c(Br)c1. The first-order valence-corrected chi connectivity index (χ1v) is 6.67. The second kappa shape index (κ2) is 5.72. The normalized spacial score (nSPS) is 12.3. The van der Waals surface area contributed by atoms with Crippen molar-refractivity contribution >= 4 is 15.9 Å². The number of hydrogen-bond acceptors (Lipinski definition) is 2. The van der Waals surface area contributed by atoms with Crippen LogP contribution in [-0.4, -0.2) is 7.11 Å². The molecule has 0 aliphatic carbocycles. The number of aryl methyl sites for hydroxylation is 1. The molecule has 0 heterocycles. The molecule has 0 aromatic heterocycles. The van der Waals surface area contributed by atoms with Crippen molar-refractivity contribution in [1.29, 1.82) is 0 Å². The lowest BCUT2D eigenvalue weighted by atomic mass is 9.98. The zero-order valence-electron chi connectivity index (χ0n) is 10.8. The lowest BCUT2D eigenvalue weighted by Crippen LogP contribution is -2.13. The third kappa shape index (κ3) is 2.96. The molecule has 2 N–H and O–H groups in total. The second-order valence-electron chi connectivity index (χ2n) is 4.37. The summed E-state index contributed by atoms with van der Waals surface area (Å²) in [6, 6.07) is 10.3. The minimum atomic E-state index is -0.306. The van der Waals surface area contributed by atoms with Crippen molar-refractivity contribution in [3.05, 3.63) is 63.4 Å². The van der Waals surface area contributed by atoms with Crippen molar-refractivity contribution in [3.8, 4) is 5.75 Å². The Labute approximate surface area is 120 Å². The van der Waals surface area contributed by atoms with Gasteiger partial charge in [0.15, 0.2) is 0 Å². The van der Waals surface area contributed by atoms with E-state index in [1.165, 1.54) is 6.07 Å². The number of nitrogens with two attached hydrogens (primary N) is 1. The van der Waals surface area contributed by atoms with Crippen LogP contribution in [0.1, 0.15) is 22.7 Å². The summed E-state index contributed by atoms with van der Waals surface area (Å²) in [6.07, 6.45) is 0. The van der Waals surface area contributed by atoms with Crippen LogP contribution < -0.4 is 10.5 Å². The maximum absolute atomic E-state index is 13.3. The van der Waals surface area contributed by atoms with Gasteiger partial charge in [-0.15, -0.1) is 0 Å². The van der Waals surface area contributed by atoms with Crippen molar-refractivity contribution in [1.82, 2.24) is 0 Å². The molecule has 100 valence electrons. The van der Waals surface area contributed by atoms with Gasteiger partial charge in [0.05, 0.1) is 13.2 Å². The summed E-state index contributed by atoms with van der Waals surface area (Å²) < 4.78 is 19.3. The van der Waals surface area contributed by atoms with Gasteiger partial charge in [0, 0.05) is 4.47 Å². The van der Waals surface area contributed by atoms with Crippen molar-refractivity contribution in [2.45, 2.75) is 13.0 Å². The molecule has 0 bridgehead atoms. The van der Waals surface area contributed by atoms with E-state index in [-0.39, 0.29) is 11.9 Å². The number of benzene rings is 2. The first-order chi connectivity index (χ1) is 9.02. The van der Waals surface area contributed by atoms with Gasteiger partial charge in [-0.1, -0.05) is 34.1 Å². The highest BCUT2D eigenvalue weighted by molar-refractivity contribution is 9.10. The van der Waals surface area contributed by atoms with Crippen LogP contribution in [0.5, 0.6) is 5.75 Å². The van der Waals surface area contributed by atoms with Crippen LogP contribution in [0, 0.1) is 12.7 Å². The highest BCUT2D eigenvalue weighted by Crippen LogP contribution is 2.30. The number of rotatable bonds is 3. The fraction of sp³-hybridized carbons (Fsp3) is 0.200. The largest absolute Gasteiger partial charge is 0.497 e. The fourth-order valence-electron chi connectivity index (χ4n) is 1.93. The van der Waals surface area contributed by atoms with Crippen LogP contribution in [0.15, 0.2) is 40.9 Å². The summed E-state index contributed by atoms with van der Waals surface area (Å²) >= 11 is 3.48. The van der Waals surface area contributed by atoms with Crippen molar-refractivity contribution < 1.29 is 9.13 Å². The minimum Gasteiger partial charge on any atom is -0.497 e. The molecule has 0 saturated heterocycles. The molecule has 2 aromatic carbocycles. The maximum Gasteiger partial charge on any atom is 0.126 e. The van der Waals surface area contributed by atoms with E-state index in [0.717, 1.165) is 21.3 Å². The van der Waals surface area contributed by atoms with Crippen LogP contribution in [0.2, 0.25) is 0 Å². The molecule has 19 heavy (non-hydrogen) atoms. The Kier molecular flexibility index (Phi) is 4.22. The van der Waals surface area contributed by atoms with Gasteiger partial charge in [0.2, 0.25) is 0 Å². The third-order valence-corrected chi connectivity index (χ3v) is 3.77. The lowest BCUT2D eigenvalue weighted by Gasteiger charge is -2.16. The fourth-order valence-corrected chi connectivity index (χ4v) is 2.53. The molecule has 0 radical (unpaired) electrons. The van der Waals surface area contributed by atoms with Gasteiger partial charge in [-0.2, -0.15) is 0 Å². The Bertz CT molecular complexity index is 601. The van der Waals surface area contributed by atoms with Gasteiger partial charge in [0.25, 0.3) is 0 Å². The molecule has 1 unspecified atom stereocenters. The van der Waals surface area contributed by atoms with Crippen molar-refractivity contribution in [2.24, 2.45) is 5.73 Å². The Morgan fingerprint density at radius 1 is 1.21 bits per heavy atom. The quantitative estimate of drug-likeness (QED) is 0.928. The number of methoxy groups -OCH3 is 1. The molecule has 0 aliphatic rings. The molecule has 2 nitrogen and oxygen atoms in total. The number of hydrogen-bond donors (Lipinski definition) is 1. The van der Waals surface area contributed by atoms with E-state index in [0.29, 0.717) is 5.56 Å². The smallest absolute Gasteiger partial charge is 0.126 e. The third-order valence-electron chi connectivity index (χ3n) is 3.08. The van der Waals surface area contributed by atoms with E-state index < -0.39 is 0 Å². The highest BCUT2D eigenvalue weighted by atomic mass is 79.9. The van der Waals surface area contributed by atoms with Gasteiger partial charge < -0.3 is 10.5 Å². The first kappa shape index (κ1) is 14.0. The predicted molar refractivity (Wildman–Crippen MR) is 77.9 cm³/mol. The maximum atomic E-state index is 13.3. The van der Waals surface area contributed by atoms with Gasteiger partial charge in [-0.05, 0) is 41.8 Å². The van der Waals surface area contributed by atoms with Crippen LogP contribution >= 0.6 is 15.9 Å². The van der Waals surface area contributed by atoms with Gasteiger partial charge in [-0.3, -0.25) is 0 Å². The van der Waals surface area contributed by atoms with E-state index in [2.05, 4.69) is 15.9 Å². The van der Waals surface area contributed by atoms with E-state index in [1.54, 1.807) is 26.2 Å². The summed E-state index contributed by atoms with van der Waals surface area (Å²) in [5, 5.41) is 0.